The predicted molar refractivity (Wildman–Crippen MR) is 118 cm³/mol. The van der Waals surface area contributed by atoms with Crippen LogP contribution in [0.1, 0.15) is 37.8 Å². The summed E-state index contributed by atoms with van der Waals surface area (Å²) in [5, 5.41) is 12.0. The van der Waals surface area contributed by atoms with E-state index in [9.17, 15) is 18.5 Å². The Kier molecular flexibility index (Phi) is 6.68. The van der Waals surface area contributed by atoms with Gasteiger partial charge in [-0.15, -0.1) is 0 Å². The maximum Gasteiger partial charge on any atom is 0.243 e. The van der Waals surface area contributed by atoms with Gasteiger partial charge in [0.25, 0.3) is 0 Å². The zero-order valence-electron chi connectivity index (χ0n) is 18.0. The molecule has 0 radical (unpaired) electrons. The van der Waals surface area contributed by atoms with Crippen molar-refractivity contribution in [1.82, 2.24) is 4.31 Å². The van der Waals surface area contributed by atoms with Gasteiger partial charge < -0.3 is 10.1 Å². The molecule has 164 valence electrons. The molecule has 0 saturated heterocycles. The Bertz CT molecular complexity index is 1100. The lowest BCUT2D eigenvalue weighted by atomic mass is 9.98. The molecular weight excluding hydrogens is 414 g/mol. The van der Waals surface area contributed by atoms with Crippen LogP contribution >= 0.6 is 0 Å². The normalized spacial score (nSPS) is 14.7. The van der Waals surface area contributed by atoms with Gasteiger partial charge in [-0.2, -0.15) is 9.57 Å². The van der Waals surface area contributed by atoms with Crippen LogP contribution in [0.5, 0.6) is 5.75 Å². The number of likely N-dealkylation sites (N-methyl/N-ethyl adjacent to an activating group) is 1. The first-order valence-electron chi connectivity index (χ1n) is 10.3. The third kappa shape index (κ3) is 4.89. The summed E-state index contributed by atoms with van der Waals surface area (Å²) in [5.41, 5.74) is 1.84. The summed E-state index contributed by atoms with van der Waals surface area (Å²) in [6.07, 6.45) is 1.70. The molecule has 0 aromatic heterocycles. The average Bonchev–Trinajstić information content (AvgIpc) is 3.55. The Morgan fingerprint density at radius 3 is 2.39 bits per heavy atom. The van der Waals surface area contributed by atoms with Crippen LogP contribution in [0.25, 0.3) is 0 Å². The molecule has 3 rings (SSSR count). The number of benzene rings is 2. The molecule has 1 N–H and O–H groups in total. The van der Waals surface area contributed by atoms with Crippen molar-refractivity contribution < 1.29 is 17.9 Å². The van der Waals surface area contributed by atoms with E-state index in [1.807, 2.05) is 19.1 Å². The van der Waals surface area contributed by atoms with E-state index in [2.05, 4.69) is 11.4 Å². The van der Waals surface area contributed by atoms with Crippen molar-refractivity contribution in [2.24, 2.45) is 0 Å². The molecule has 1 aliphatic carbocycles. The highest BCUT2D eigenvalue weighted by atomic mass is 32.2. The van der Waals surface area contributed by atoms with E-state index >= 15 is 0 Å². The summed E-state index contributed by atoms with van der Waals surface area (Å²) in [6, 6.07) is 14.2. The van der Waals surface area contributed by atoms with Gasteiger partial charge in [-0.1, -0.05) is 19.1 Å². The van der Waals surface area contributed by atoms with E-state index in [1.54, 1.807) is 38.1 Å². The number of hydrogen-bond donors (Lipinski definition) is 1. The average molecular weight is 442 g/mol. The summed E-state index contributed by atoms with van der Waals surface area (Å²) in [7, 11) is -3.83. The number of hydrogen-bond acceptors (Lipinski definition) is 5. The van der Waals surface area contributed by atoms with Crippen LogP contribution in [0.3, 0.4) is 0 Å². The molecule has 0 heterocycles. The van der Waals surface area contributed by atoms with Crippen molar-refractivity contribution in [1.29, 1.82) is 5.26 Å². The lowest BCUT2D eigenvalue weighted by Gasteiger charge is -2.21. The SMILES string of the molecule is CCOc1ccc(S(=O)(=O)N(CC)CC(=O)Nc2ccc(C3(C#N)CC3)cc2)cc1C. The summed E-state index contributed by atoms with van der Waals surface area (Å²) in [4.78, 5) is 12.7. The van der Waals surface area contributed by atoms with Crippen molar-refractivity contribution in [2.45, 2.75) is 43.9 Å². The number of amides is 1. The largest absolute Gasteiger partial charge is 0.494 e. The Morgan fingerprint density at radius 1 is 1.19 bits per heavy atom. The van der Waals surface area contributed by atoms with Crippen molar-refractivity contribution >= 4 is 21.6 Å². The maximum absolute atomic E-state index is 13.0. The molecule has 1 amide bonds. The van der Waals surface area contributed by atoms with Crippen molar-refractivity contribution in [3.05, 3.63) is 53.6 Å². The van der Waals surface area contributed by atoms with Gasteiger partial charge in [-0.3, -0.25) is 4.79 Å². The van der Waals surface area contributed by atoms with Gasteiger partial charge in [0.05, 0.1) is 29.5 Å². The second kappa shape index (κ2) is 9.08. The van der Waals surface area contributed by atoms with Gasteiger partial charge in [0.15, 0.2) is 0 Å². The van der Waals surface area contributed by atoms with E-state index in [4.69, 9.17) is 4.74 Å². The quantitative estimate of drug-likeness (QED) is 0.641. The number of nitrogens with zero attached hydrogens (tertiary/aromatic N) is 2. The molecule has 7 nitrogen and oxygen atoms in total. The first kappa shape index (κ1) is 22.8. The standard InChI is InChI=1S/C23H27N3O4S/c1-4-26(31(28,29)20-10-11-21(30-5-2)17(3)14-20)15-22(27)25-19-8-6-18(7-9-19)23(16-24)12-13-23/h6-11,14H,4-5,12-13,15H2,1-3H3,(H,25,27). The Hall–Kier alpha value is -2.89. The van der Waals surface area contributed by atoms with Crippen LogP contribution < -0.4 is 10.1 Å². The highest BCUT2D eigenvalue weighted by molar-refractivity contribution is 7.89. The number of rotatable bonds is 9. The lowest BCUT2D eigenvalue weighted by molar-refractivity contribution is -0.116. The number of nitriles is 1. The predicted octanol–water partition coefficient (Wildman–Crippen LogP) is 3.60. The maximum atomic E-state index is 13.0. The molecule has 0 spiro atoms. The van der Waals surface area contributed by atoms with Gasteiger partial charge in [0, 0.05) is 12.2 Å². The van der Waals surface area contributed by atoms with Crippen LogP contribution in [-0.2, 0) is 20.2 Å². The summed E-state index contributed by atoms with van der Waals surface area (Å²) in [6.45, 7) is 5.70. The van der Waals surface area contributed by atoms with E-state index in [-0.39, 0.29) is 23.4 Å². The second-order valence-electron chi connectivity index (χ2n) is 7.61. The van der Waals surface area contributed by atoms with Crippen LogP contribution in [0.4, 0.5) is 5.69 Å². The molecule has 1 aliphatic rings. The molecule has 0 unspecified atom stereocenters. The van der Waals surface area contributed by atoms with Crippen LogP contribution in [0, 0.1) is 18.3 Å². The third-order valence-electron chi connectivity index (χ3n) is 5.44. The first-order chi connectivity index (χ1) is 14.8. The summed E-state index contributed by atoms with van der Waals surface area (Å²) in [5.74, 6) is 0.206. The monoisotopic (exact) mass is 441 g/mol. The van der Waals surface area contributed by atoms with Gasteiger partial charge in [0.1, 0.15) is 5.75 Å². The Balaban J connectivity index is 1.69. The van der Waals surface area contributed by atoms with Crippen LogP contribution in [0.15, 0.2) is 47.4 Å². The number of ether oxygens (including phenoxy) is 1. The number of carbonyl (C=O) groups is 1. The number of sulfonamides is 1. The van der Waals surface area contributed by atoms with E-state index in [1.165, 1.54) is 6.07 Å². The molecule has 1 fully saturated rings. The molecule has 2 aromatic rings. The van der Waals surface area contributed by atoms with E-state index in [0.29, 0.717) is 23.6 Å². The minimum Gasteiger partial charge on any atom is -0.494 e. The molecule has 0 aliphatic heterocycles. The van der Waals surface area contributed by atoms with Crippen molar-refractivity contribution in [2.75, 3.05) is 25.0 Å². The lowest BCUT2D eigenvalue weighted by Crippen LogP contribution is -2.37. The van der Waals surface area contributed by atoms with E-state index < -0.39 is 15.9 Å². The highest BCUT2D eigenvalue weighted by Crippen LogP contribution is 2.47. The number of carbonyl (C=O) groups excluding carboxylic acids is 1. The number of nitrogens with one attached hydrogen (secondary N) is 1. The first-order valence-corrected chi connectivity index (χ1v) is 11.7. The fraction of sp³-hybridized carbons (Fsp3) is 0.391. The fourth-order valence-electron chi connectivity index (χ4n) is 3.44. The van der Waals surface area contributed by atoms with Crippen molar-refractivity contribution in [3.63, 3.8) is 0 Å². The molecule has 31 heavy (non-hydrogen) atoms. The Labute approximate surface area is 183 Å². The van der Waals surface area contributed by atoms with Gasteiger partial charge in [0.2, 0.25) is 15.9 Å². The summed E-state index contributed by atoms with van der Waals surface area (Å²) >= 11 is 0. The zero-order chi connectivity index (χ0) is 22.6. The fourth-order valence-corrected chi connectivity index (χ4v) is 4.93. The smallest absolute Gasteiger partial charge is 0.243 e. The summed E-state index contributed by atoms with van der Waals surface area (Å²) < 4.78 is 32.7. The Morgan fingerprint density at radius 2 is 1.87 bits per heavy atom. The zero-order valence-corrected chi connectivity index (χ0v) is 18.8. The number of anilines is 1. The van der Waals surface area contributed by atoms with Gasteiger partial charge in [-0.25, -0.2) is 8.42 Å². The van der Waals surface area contributed by atoms with E-state index in [0.717, 1.165) is 22.7 Å². The molecular formula is C23H27N3O4S. The number of aryl methyl sites for hydroxylation is 1. The third-order valence-corrected chi connectivity index (χ3v) is 7.36. The second-order valence-corrected chi connectivity index (χ2v) is 9.55. The van der Waals surface area contributed by atoms with Gasteiger partial charge in [-0.05, 0) is 68.1 Å². The van der Waals surface area contributed by atoms with Crippen molar-refractivity contribution in [3.8, 4) is 11.8 Å². The highest BCUT2D eigenvalue weighted by Gasteiger charge is 2.44. The van der Waals surface area contributed by atoms with Crippen LogP contribution in [0.2, 0.25) is 0 Å². The molecule has 0 atom stereocenters. The van der Waals surface area contributed by atoms with Gasteiger partial charge >= 0.3 is 0 Å². The molecule has 2 aromatic carbocycles. The molecule has 1 saturated carbocycles. The molecule has 0 bridgehead atoms. The van der Waals surface area contributed by atoms with Crippen LogP contribution in [-0.4, -0.2) is 38.3 Å². The topological polar surface area (TPSA) is 99.5 Å². The minimum atomic E-state index is -3.83. The minimum absolute atomic E-state index is 0.124. The molecule has 8 heteroatoms.